The lowest BCUT2D eigenvalue weighted by atomic mass is 10.1. The Kier molecular flexibility index (Phi) is 12.4. The van der Waals surface area contributed by atoms with E-state index in [1.54, 1.807) is 68.5 Å². The predicted molar refractivity (Wildman–Crippen MR) is 165 cm³/mol. The van der Waals surface area contributed by atoms with Crippen molar-refractivity contribution in [3.63, 3.8) is 0 Å². The second kappa shape index (κ2) is 15.1. The van der Waals surface area contributed by atoms with Gasteiger partial charge in [-0.1, -0.05) is 35.0 Å². The van der Waals surface area contributed by atoms with Gasteiger partial charge in [0.15, 0.2) is 0 Å². The Balaban J connectivity index is 2.23. The standard InChI is InChI=1S/C32H47N5O8/c1-20-11-13-21(14-12-20)24-18-37(36-35-24)19-25(38)33-23(17-27(40)44-31(5,6)7)28(41)34-22(29(42)45-32(8,9)10)15-16-26(39)43-30(2,3)4/h11-14,18,22-23H,15-17,19H2,1-10H3,(H,33,38)(H,34,41). The van der Waals surface area contributed by atoms with Crippen LogP contribution in [0.25, 0.3) is 11.3 Å². The van der Waals surface area contributed by atoms with Crippen molar-refractivity contribution in [3.05, 3.63) is 36.0 Å². The van der Waals surface area contributed by atoms with Crippen LogP contribution in [0.2, 0.25) is 0 Å². The summed E-state index contributed by atoms with van der Waals surface area (Å²) in [4.78, 5) is 64.7. The summed E-state index contributed by atoms with van der Waals surface area (Å²) in [6.45, 7) is 16.8. The van der Waals surface area contributed by atoms with E-state index in [0.29, 0.717) is 5.69 Å². The summed E-state index contributed by atoms with van der Waals surface area (Å²) in [5.41, 5.74) is -0.0219. The van der Waals surface area contributed by atoms with Crippen LogP contribution >= 0.6 is 0 Å². The number of benzene rings is 1. The fourth-order valence-electron chi connectivity index (χ4n) is 3.93. The molecule has 2 atom stereocenters. The maximum Gasteiger partial charge on any atom is 0.329 e. The lowest BCUT2D eigenvalue weighted by Crippen LogP contribution is -2.54. The summed E-state index contributed by atoms with van der Waals surface area (Å²) in [6, 6.07) is 4.94. The van der Waals surface area contributed by atoms with Crippen molar-refractivity contribution in [2.24, 2.45) is 0 Å². The smallest absolute Gasteiger partial charge is 0.329 e. The van der Waals surface area contributed by atoms with Gasteiger partial charge in [0.1, 0.15) is 41.1 Å². The first-order chi connectivity index (χ1) is 20.6. The first-order valence-electron chi connectivity index (χ1n) is 14.8. The minimum Gasteiger partial charge on any atom is -0.460 e. The van der Waals surface area contributed by atoms with Crippen LogP contribution < -0.4 is 10.6 Å². The quantitative estimate of drug-likeness (QED) is 0.262. The molecule has 0 aliphatic heterocycles. The van der Waals surface area contributed by atoms with Gasteiger partial charge >= 0.3 is 17.9 Å². The highest BCUT2D eigenvalue weighted by atomic mass is 16.6. The van der Waals surface area contributed by atoms with Crippen molar-refractivity contribution >= 4 is 29.7 Å². The average molecular weight is 630 g/mol. The van der Waals surface area contributed by atoms with Crippen LogP contribution in [-0.2, 0) is 44.7 Å². The summed E-state index contributed by atoms with van der Waals surface area (Å²) < 4.78 is 17.5. The van der Waals surface area contributed by atoms with Crippen LogP contribution in [0.1, 0.15) is 87.1 Å². The number of nitrogens with one attached hydrogen (secondary N) is 2. The molecule has 13 nitrogen and oxygen atoms in total. The van der Waals surface area contributed by atoms with Crippen molar-refractivity contribution < 1.29 is 38.2 Å². The Hall–Kier alpha value is -4.29. The number of carbonyl (C=O) groups is 5. The lowest BCUT2D eigenvalue weighted by molar-refractivity contribution is -0.160. The zero-order valence-corrected chi connectivity index (χ0v) is 28.0. The van der Waals surface area contributed by atoms with Crippen LogP contribution in [0, 0.1) is 6.92 Å². The highest BCUT2D eigenvalue weighted by molar-refractivity contribution is 5.93. The van der Waals surface area contributed by atoms with E-state index in [1.807, 2.05) is 31.2 Å². The average Bonchev–Trinajstić information content (AvgIpc) is 3.31. The van der Waals surface area contributed by atoms with Crippen LogP contribution in [-0.4, -0.2) is 73.6 Å². The maximum absolute atomic E-state index is 13.5. The van der Waals surface area contributed by atoms with Crippen molar-refractivity contribution in [2.75, 3.05) is 0 Å². The van der Waals surface area contributed by atoms with E-state index >= 15 is 0 Å². The highest BCUT2D eigenvalue weighted by Gasteiger charge is 2.33. The van der Waals surface area contributed by atoms with Gasteiger partial charge in [0.05, 0.1) is 12.6 Å². The number of amides is 2. The van der Waals surface area contributed by atoms with Crippen molar-refractivity contribution in [1.29, 1.82) is 0 Å². The number of aryl methyl sites for hydroxylation is 1. The fourth-order valence-corrected chi connectivity index (χ4v) is 3.93. The van der Waals surface area contributed by atoms with Crippen LogP contribution in [0.4, 0.5) is 0 Å². The van der Waals surface area contributed by atoms with E-state index in [4.69, 9.17) is 14.2 Å². The Morgan fingerprint density at radius 1 is 0.778 bits per heavy atom. The Morgan fingerprint density at radius 2 is 1.33 bits per heavy atom. The Morgan fingerprint density at radius 3 is 1.89 bits per heavy atom. The third-order valence-corrected chi connectivity index (χ3v) is 5.70. The molecule has 45 heavy (non-hydrogen) atoms. The highest BCUT2D eigenvalue weighted by Crippen LogP contribution is 2.17. The zero-order valence-electron chi connectivity index (χ0n) is 28.0. The van der Waals surface area contributed by atoms with E-state index in [1.165, 1.54) is 4.68 Å². The molecule has 1 aromatic heterocycles. The number of ether oxygens (including phenoxy) is 3. The van der Waals surface area contributed by atoms with Gasteiger partial charge < -0.3 is 24.8 Å². The van der Waals surface area contributed by atoms with Crippen LogP contribution in [0.15, 0.2) is 30.5 Å². The minimum atomic E-state index is -1.42. The molecule has 2 unspecified atom stereocenters. The molecule has 2 amide bonds. The first kappa shape index (κ1) is 36.9. The molecule has 0 aliphatic carbocycles. The van der Waals surface area contributed by atoms with Gasteiger partial charge in [-0.2, -0.15) is 0 Å². The molecular weight excluding hydrogens is 582 g/mol. The molecule has 0 aliphatic rings. The number of aromatic nitrogens is 3. The molecule has 2 N–H and O–H groups in total. The fraction of sp³-hybridized carbons (Fsp3) is 0.594. The molecule has 0 bridgehead atoms. The van der Waals surface area contributed by atoms with Gasteiger partial charge in [-0.15, -0.1) is 5.10 Å². The number of carbonyl (C=O) groups excluding carboxylic acids is 5. The monoisotopic (exact) mass is 629 g/mol. The molecule has 2 aromatic rings. The van der Waals surface area contributed by atoms with Crippen LogP contribution in [0.5, 0.6) is 0 Å². The molecule has 1 aromatic carbocycles. The Labute approximate surface area is 264 Å². The Bertz CT molecular complexity index is 1350. The van der Waals surface area contributed by atoms with E-state index in [0.717, 1.165) is 11.1 Å². The van der Waals surface area contributed by atoms with E-state index in [2.05, 4.69) is 20.9 Å². The van der Waals surface area contributed by atoms with Crippen LogP contribution in [0.3, 0.4) is 0 Å². The van der Waals surface area contributed by atoms with Gasteiger partial charge in [0.25, 0.3) is 0 Å². The van der Waals surface area contributed by atoms with Crippen molar-refractivity contribution in [3.8, 4) is 11.3 Å². The molecule has 248 valence electrons. The second-order valence-corrected chi connectivity index (χ2v) is 13.8. The number of hydrogen-bond donors (Lipinski definition) is 2. The van der Waals surface area contributed by atoms with Gasteiger partial charge in [-0.25, -0.2) is 9.48 Å². The number of hydrogen-bond acceptors (Lipinski definition) is 10. The summed E-state index contributed by atoms with van der Waals surface area (Å²) in [6.07, 6.45) is 0.736. The van der Waals surface area contributed by atoms with Crippen molar-refractivity contribution in [1.82, 2.24) is 25.6 Å². The largest absolute Gasteiger partial charge is 0.460 e. The predicted octanol–water partition coefficient (Wildman–Crippen LogP) is 3.42. The molecule has 0 radical (unpaired) electrons. The summed E-state index contributed by atoms with van der Waals surface area (Å²) in [5.74, 6) is -3.57. The lowest BCUT2D eigenvalue weighted by Gasteiger charge is -2.27. The third kappa shape index (κ3) is 14.4. The first-order valence-corrected chi connectivity index (χ1v) is 14.8. The molecule has 2 rings (SSSR count). The molecule has 13 heteroatoms. The summed E-state index contributed by atoms with van der Waals surface area (Å²) in [7, 11) is 0. The van der Waals surface area contributed by atoms with Crippen molar-refractivity contribution in [2.45, 2.75) is 124 Å². The topological polar surface area (TPSA) is 168 Å². The number of esters is 3. The van der Waals surface area contributed by atoms with Gasteiger partial charge in [-0.05, 0) is 75.7 Å². The van der Waals surface area contributed by atoms with E-state index in [9.17, 15) is 24.0 Å². The number of nitrogens with zero attached hydrogens (tertiary/aromatic N) is 3. The molecule has 0 fully saturated rings. The molecule has 0 saturated carbocycles. The van der Waals surface area contributed by atoms with Gasteiger partial charge in [0, 0.05) is 12.0 Å². The van der Waals surface area contributed by atoms with Gasteiger partial charge in [-0.3, -0.25) is 19.2 Å². The maximum atomic E-state index is 13.5. The van der Waals surface area contributed by atoms with E-state index in [-0.39, 0.29) is 19.4 Å². The molecule has 0 spiro atoms. The molecular formula is C32H47N5O8. The second-order valence-electron chi connectivity index (χ2n) is 13.8. The molecule has 1 heterocycles. The number of rotatable bonds is 12. The summed E-state index contributed by atoms with van der Waals surface area (Å²) >= 11 is 0. The zero-order chi connectivity index (χ0) is 34.2. The van der Waals surface area contributed by atoms with E-state index < -0.39 is 65.0 Å². The minimum absolute atomic E-state index is 0.136. The third-order valence-electron chi connectivity index (χ3n) is 5.70. The normalized spacial score (nSPS) is 13.3. The SMILES string of the molecule is Cc1ccc(-c2cn(CC(=O)NC(CC(=O)OC(C)(C)C)C(=O)NC(CCC(=O)OC(C)(C)C)C(=O)OC(C)(C)C)nn2)cc1. The van der Waals surface area contributed by atoms with Gasteiger partial charge in [0.2, 0.25) is 11.8 Å². The molecule has 0 saturated heterocycles. The summed E-state index contributed by atoms with van der Waals surface area (Å²) in [5, 5.41) is 13.2.